The molecule has 1 amide bonds. The Hall–Kier alpha value is -2.14. The van der Waals surface area contributed by atoms with Crippen LogP contribution in [0.15, 0.2) is 42.7 Å². The predicted octanol–water partition coefficient (Wildman–Crippen LogP) is 2.19. The molecule has 0 aliphatic rings. The summed E-state index contributed by atoms with van der Waals surface area (Å²) in [5, 5.41) is 7.07. The molecule has 0 fully saturated rings. The van der Waals surface area contributed by atoms with Crippen molar-refractivity contribution in [3.8, 4) is 5.69 Å². The first-order valence-corrected chi connectivity index (χ1v) is 6.79. The number of nitrogens with zero attached hydrogens (tertiary/aromatic N) is 2. The van der Waals surface area contributed by atoms with Gasteiger partial charge in [0.2, 0.25) is 5.91 Å². The standard InChI is InChI=1S/C15H20N4O/c1-12(11-16)6-7-15(20)18-13-4-2-5-14(10-13)19-9-3-8-17-19/h2-5,8-10,12H,6-7,11,16H2,1H3,(H,18,20). The molecule has 0 aliphatic heterocycles. The van der Waals surface area contributed by atoms with E-state index in [4.69, 9.17) is 5.73 Å². The van der Waals surface area contributed by atoms with E-state index in [0.29, 0.717) is 18.9 Å². The number of amides is 1. The molecule has 0 bridgehead atoms. The summed E-state index contributed by atoms with van der Waals surface area (Å²) in [6, 6.07) is 9.47. The molecular formula is C15H20N4O. The van der Waals surface area contributed by atoms with Crippen molar-refractivity contribution < 1.29 is 4.79 Å². The molecular weight excluding hydrogens is 252 g/mol. The molecule has 1 atom stereocenters. The molecule has 106 valence electrons. The molecule has 0 spiro atoms. The summed E-state index contributed by atoms with van der Waals surface area (Å²) in [5.41, 5.74) is 7.24. The Labute approximate surface area is 118 Å². The smallest absolute Gasteiger partial charge is 0.224 e. The summed E-state index contributed by atoms with van der Waals surface area (Å²) < 4.78 is 1.76. The third kappa shape index (κ3) is 3.93. The van der Waals surface area contributed by atoms with Crippen molar-refractivity contribution in [2.45, 2.75) is 19.8 Å². The lowest BCUT2D eigenvalue weighted by molar-refractivity contribution is -0.116. The fourth-order valence-corrected chi connectivity index (χ4v) is 1.87. The number of hydrogen-bond acceptors (Lipinski definition) is 3. The van der Waals surface area contributed by atoms with Crippen molar-refractivity contribution >= 4 is 11.6 Å². The normalized spacial score (nSPS) is 12.1. The maximum atomic E-state index is 11.9. The fraction of sp³-hybridized carbons (Fsp3) is 0.333. The van der Waals surface area contributed by atoms with Gasteiger partial charge in [-0.1, -0.05) is 13.0 Å². The molecule has 0 saturated heterocycles. The SMILES string of the molecule is CC(CN)CCC(=O)Nc1cccc(-n2cccn2)c1. The first-order valence-electron chi connectivity index (χ1n) is 6.79. The van der Waals surface area contributed by atoms with Gasteiger partial charge in [-0.05, 0) is 43.1 Å². The van der Waals surface area contributed by atoms with Gasteiger partial charge in [0.05, 0.1) is 5.69 Å². The highest BCUT2D eigenvalue weighted by molar-refractivity contribution is 5.90. The minimum absolute atomic E-state index is 0.0166. The lowest BCUT2D eigenvalue weighted by atomic mass is 10.1. The number of hydrogen-bond donors (Lipinski definition) is 2. The fourth-order valence-electron chi connectivity index (χ4n) is 1.87. The van der Waals surface area contributed by atoms with Crippen LogP contribution in [0.25, 0.3) is 5.69 Å². The van der Waals surface area contributed by atoms with Crippen molar-refractivity contribution in [2.75, 3.05) is 11.9 Å². The van der Waals surface area contributed by atoms with Gasteiger partial charge in [0.1, 0.15) is 0 Å². The number of nitrogens with one attached hydrogen (secondary N) is 1. The zero-order valence-electron chi connectivity index (χ0n) is 11.6. The second-order valence-electron chi connectivity index (χ2n) is 4.93. The van der Waals surface area contributed by atoms with Crippen LogP contribution in [0.3, 0.4) is 0 Å². The Kier molecular flexibility index (Phi) is 4.90. The van der Waals surface area contributed by atoms with Crippen LogP contribution in [0.5, 0.6) is 0 Å². The first-order chi connectivity index (χ1) is 9.69. The molecule has 3 N–H and O–H groups in total. The van der Waals surface area contributed by atoms with Gasteiger partial charge in [0, 0.05) is 24.5 Å². The van der Waals surface area contributed by atoms with Crippen LogP contribution in [-0.2, 0) is 4.79 Å². The maximum Gasteiger partial charge on any atom is 0.224 e. The van der Waals surface area contributed by atoms with Crippen LogP contribution in [0.4, 0.5) is 5.69 Å². The zero-order valence-corrected chi connectivity index (χ0v) is 11.6. The van der Waals surface area contributed by atoms with E-state index in [2.05, 4.69) is 10.4 Å². The minimum Gasteiger partial charge on any atom is -0.330 e. The molecule has 1 aromatic carbocycles. The number of carbonyl (C=O) groups is 1. The van der Waals surface area contributed by atoms with Gasteiger partial charge >= 0.3 is 0 Å². The van der Waals surface area contributed by atoms with E-state index in [1.165, 1.54) is 0 Å². The minimum atomic E-state index is 0.0166. The number of carbonyl (C=O) groups excluding carboxylic acids is 1. The highest BCUT2D eigenvalue weighted by Gasteiger charge is 2.06. The number of benzene rings is 1. The third-order valence-electron chi connectivity index (χ3n) is 3.17. The highest BCUT2D eigenvalue weighted by Crippen LogP contribution is 2.14. The summed E-state index contributed by atoms with van der Waals surface area (Å²) in [5.74, 6) is 0.388. The van der Waals surface area contributed by atoms with E-state index in [0.717, 1.165) is 17.8 Å². The number of anilines is 1. The molecule has 0 saturated carbocycles. The maximum absolute atomic E-state index is 11.9. The van der Waals surface area contributed by atoms with Crippen LogP contribution < -0.4 is 11.1 Å². The molecule has 20 heavy (non-hydrogen) atoms. The molecule has 0 radical (unpaired) electrons. The van der Waals surface area contributed by atoms with Gasteiger partial charge in [-0.15, -0.1) is 0 Å². The van der Waals surface area contributed by atoms with E-state index in [1.54, 1.807) is 10.9 Å². The number of rotatable bonds is 6. The number of nitrogens with two attached hydrogens (primary N) is 1. The van der Waals surface area contributed by atoms with E-state index >= 15 is 0 Å². The second-order valence-corrected chi connectivity index (χ2v) is 4.93. The molecule has 2 rings (SSSR count). The monoisotopic (exact) mass is 272 g/mol. The Morgan fingerprint density at radius 2 is 2.30 bits per heavy atom. The van der Waals surface area contributed by atoms with E-state index in [1.807, 2.05) is 43.5 Å². The Morgan fingerprint density at radius 1 is 1.45 bits per heavy atom. The van der Waals surface area contributed by atoms with Crippen molar-refractivity contribution in [3.63, 3.8) is 0 Å². The van der Waals surface area contributed by atoms with E-state index < -0.39 is 0 Å². The van der Waals surface area contributed by atoms with Crippen molar-refractivity contribution in [2.24, 2.45) is 11.7 Å². The Morgan fingerprint density at radius 3 is 3.00 bits per heavy atom. The third-order valence-corrected chi connectivity index (χ3v) is 3.17. The largest absolute Gasteiger partial charge is 0.330 e. The van der Waals surface area contributed by atoms with Crippen LogP contribution in [0, 0.1) is 5.92 Å². The summed E-state index contributed by atoms with van der Waals surface area (Å²) in [4.78, 5) is 11.9. The Bertz CT molecular complexity index is 551. The van der Waals surface area contributed by atoms with Crippen LogP contribution in [-0.4, -0.2) is 22.2 Å². The van der Waals surface area contributed by atoms with E-state index in [9.17, 15) is 4.79 Å². The average molecular weight is 272 g/mol. The van der Waals surface area contributed by atoms with Gasteiger partial charge in [-0.2, -0.15) is 5.10 Å². The summed E-state index contributed by atoms with van der Waals surface area (Å²) >= 11 is 0. The Balaban J connectivity index is 1.96. The molecule has 1 aromatic heterocycles. The summed E-state index contributed by atoms with van der Waals surface area (Å²) in [6.45, 7) is 2.66. The van der Waals surface area contributed by atoms with Crippen LogP contribution in [0.2, 0.25) is 0 Å². The quantitative estimate of drug-likeness (QED) is 0.846. The van der Waals surface area contributed by atoms with Gasteiger partial charge in [-0.25, -0.2) is 4.68 Å². The molecule has 5 nitrogen and oxygen atoms in total. The summed E-state index contributed by atoms with van der Waals surface area (Å²) in [7, 11) is 0. The molecule has 1 unspecified atom stereocenters. The number of aromatic nitrogens is 2. The average Bonchev–Trinajstić information content (AvgIpc) is 2.99. The van der Waals surface area contributed by atoms with Gasteiger partial charge in [-0.3, -0.25) is 4.79 Å². The topological polar surface area (TPSA) is 72.9 Å². The molecule has 2 aromatic rings. The molecule has 1 heterocycles. The van der Waals surface area contributed by atoms with Crippen molar-refractivity contribution in [3.05, 3.63) is 42.7 Å². The second kappa shape index (κ2) is 6.86. The zero-order chi connectivity index (χ0) is 14.4. The van der Waals surface area contributed by atoms with Crippen molar-refractivity contribution in [1.29, 1.82) is 0 Å². The van der Waals surface area contributed by atoms with E-state index in [-0.39, 0.29) is 5.91 Å². The molecule has 5 heteroatoms. The van der Waals surface area contributed by atoms with Gasteiger partial charge in [0.25, 0.3) is 0 Å². The lowest BCUT2D eigenvalue weighted by Crippen LogP contribution is -2.16. The predicted molar refractivity (Wildman–Crippen MR) is 79.6 cm³/mol. The molecule has 0 aliphatic carbocycles. The van der Waals surface area contributed by atoms with Gasteiger partial charge in [0.15, 0.2) is 0 Å². The van der Waals surface area contributed by atoms with Gasteiger partial charge < -0.3 is 11.1 Å². The van der Waals surface area contributed by atoms with Crippen LogP contribution in [0.1, 0.15) is 19.8 Å². The summed E-state index contributed by atoms with van der Waals surface area (Å²) in [6.07, 6.45) is 4.88. The highest BCUT2D eigenvalue weighted by atomic mass is 16.1. The first kappa shape index (κ1) is 14.3. The van der Waals surface area contributed by atoms with Crippen LogP contribution >= 0.6 is 0 Å². The van der Waals surface area contributed by atoms with Crippen molar-refractivity contribution in [1.82, 2.24) is 9.78 Å². The lowest BCUT2D eigenvalue weighted by Gasteiger charge is -2.10.